The quantitative estimate of drug-likeness (QED) is 0.0236. The number of ether oxygens (including phenoxy) is 2. The molecule has 0 aliphatic rings. The van der Waals surface area contributed by atoms with E-state index in [-0.39, 0.29) is 19.4 Å². The lowest BCUT2D eigenvalue weighted by molar-refractivity contribution is -0.161. The van der Waals surface area contributed by atoms with E-state index < -0.39 is 51.8 Å². The second kappa shape index (κ2) is 41.1. The monoisotopic (exact) mass is 813 g/mol. The van der Waals surface area contributed by atoms with E-state index in [4.69, 9.17) is 19.1 Å². The van der Waals surface area contributed by atoms with Gasteiger partial charge in [0.2, 0.25) is 0 Å². The summed E-state index contributed by atoms with van der Waals surface area (Å²) in [5.74, 6) is -0.970. The number of hydrogen-bond acceptors (Lipinski definition) is 9. The van der Waals surface area contributed by atoms with Crippen molar-refractivity contribution in [1.29, 1.82) is 0 Å². The summed E-state index contributed by atoms with van der Waals surface area (Å²) in [7, 11) is -4.63. The van der Waals surface area contributed by atoms with Crippen LogP contribution < -0.4 is 0 Å². The van der Waals surface area contributed by atoms with Crippen molar-refractivity contribution in [2.24, 2.45) is 0 Å². The van der Waals surface area contributed by atoms with Crippen LogP contribution in [0.15, 0.2) is 48.6 Å². The van der Waals surface area contributed by atoms with Gasteiger partial charge in [0.05, 0.1) is 19.8 Å². The zero-order valence-electron chi connectivity index (χ0n) is 35.3. The number of unbranched alkanes of at least 4 members (excludes halogenated alkanes) is 19. The Balaban J connectivity index is 4.31. The molecule has 0 aromatic rings. The number of hydrogen-bond donors (Lipinski definition) is 3. The fourth-order valence-electron chi connectivity index (χ4n) is 5.87. The van der Waals surface area contributed by atoms with E-state index in [2.05, 4.69) is 67.0 Å². The van der Waals surface area contributed by atoms with E-state index >= 15 is 0 Å². The van der Waals surface area contributed by atoms with Gasteiger partial charge in [0.15, 0.2) is 6.10 Å². The summed E-state index contributed by atoms with van der Waals surface area (Å²) in [6, 6.07) is 0. The van der Waals surface area contributed by atoms with Gasteiger partial charge >= 0.3 is 19.8 Å². The van der Waals surface area contributed by atoms with Gasteiger partial charge in [0.1, 0.15) is 12.7 Å². The van der Waals surface area contributed by atoms with Crippen LogP contribution in [-0.4, -0.2) is 65.7 Å². The molecule has 3 N–H and O–H groups in total. The summed E-state index contributed by atoms with van der Waals surface area (Å²) in [6.45, 7) is 2.23. The van der Waals surface area contributed by atoms with Gasteiger partial charge in [-0.3, -0.25) is 18.6 Å². The average Bonchev–Trinajstić information content (AvgIpc) is 3.19. The van der Waals surface area contributed by atoms with Crippen molar-refractivity contribution in [1.82, 2.24) is 0 Å². The summed E-state index contributed by atoms with van der Waals surface area (Å²) in [5, 5.41) is 18.3. The Kier molecular flexibility index (Phi) is 39.6. The van der Waals surface area contributed by atoms with Gasteiger partial charge in [-0.1, -0.05) is 172 Å². The SMILES string of the molecule is CC/C=C/C/C=C/C/C=C/C/C=C/CCCCC(=O)O[C@H](COC(=O)CCCCCCCCCCCCCCCCCCCC)COP(=O)(O)OC[C@@H](O)CO. The molecule has 0 aromatic carbocycles. The first-order valence-electron chi connectivity index (χ1n) is 22.1. The van der Waals surface area contributed by atoms with E-state index in [0.717, 1.165) is 57.8 Å². The van der Waals surface area contributed by atoms with Gasteiger partial charge in [-0.25, -0.2) is 4.57 Å². The normalized spacial score (nSPS) is 14.3. The standard InChI is InChI=1S/C45H81O10P/c1-3-5-7-9-11-13-15-17-19-20-21-23-24-26-28-30-32-34-36-44(48)52-40-43(41-54-56(50,51)53-39-42(47)38-46)55-45(49)37-35-33-31-29-27-25-22-18-16-14-12-10-8-6-4-2/h6,8,12,14,18,22,27,29,42-43,46-47H,3-5,7,9-11,13,15-17,19-21,23-26,28,30-41H2,1-2H3,(H,50,51)/b8-6+,14-12+,22-18+,29-27+/t42-,43+/m0/s1. The molecular formula is C45H81O10P. The molecular weight excluding hydrogens is 731 g/mol. The number of phosphoric ester groups is 1. The van der Waals surface area contributed by atoms with Crippen LogP contribution in [0.2, 0.25) is 0 Å². The largest absolute Gasteiger partial charge is 0.472 e. The van der Waals surface area contributed by atoms with Crippen LogP contribution in [0.1, 0.15) is 187 Å². The Labute approximate surface area is 341 Å². The smallest absolute Gasteiger partial charge is 0.462 e. The van der Waals surface area contributed by atoms with Crippen LogP contribution in [-0.2, 0) is 32.7 Å². The Morgan fingerprint density at radius 2 is 0.982 bits per heavy atom. The lowest BCUT2D eigenvalue weighted by Gasteiger charge is -2.20. The zero-order valence-corrected chi connectivity index (χ0v) is 36.2. The van der Waals surface area contributed by atoms with Gasteiger partial charge in [-0.15, -0.1) is 0 Å². The Hall–Kier alpha value is -2.07. The second-order valence-corrected chi connectivity index (χ2v) is 16.2. The van der Waals surface area contributed by atoms with Crippen molar-refractivity contribution >= 4 is 19.8 Å². The molecule has 0 spiro atoms. The summed E-state index contributed by atoms with van der Waals surface area (Å²) >= 11 is 0. The van der Waals surface area contributed by atoms with Crippen LogP contribution >= 0.6 is 7.82 Å². The maximum Gasteiger partial charge on any atom is 0.472 e. The van der Waals surface area contributed by atoms with E-state index in [1.807, 2.05) is 0 Å². The van der Waals surface area contributed by atoms with Crippen molar-refractivity contribution in [2.45, 2.75) is 199 Å². The van der Waals surface area contributed by atoms with Gasteiger partial charge < -0.3 is 24.6 Å². The first-order valence-corrected chi connectivity index (χ1v) is 23.6. The van der Waals surface area contributed by atoms with E-state index in [1.165, 1.54) is 89.9 Å². The molecule has 0 aliphatic carbocycles. The van der Waals surface area contributed by atoms with E-state index in [9.17, 15) is 24.2 Å². The zero-order chi connectivity index (χ0) is 41.2. The topological polar surface area (TPSA) is 149 Å². The van der Waals surface area contributed by atoms with Crippen molar-refractivity contribution in [2.75, 3.05) is 26.4 Å². The number of carbonyl (C=O) groups excluding carboxylic acids is 2. The van der Waals surface area contributed by atoms with Crippen molar-refractivity contribution < 1.29 is 47.8 Å². The van der Waals surface area contributed by atoms with Crippen LogP contribution in [0.4, 0.5) is 0 Å². The van der Waals surface area contributed by atoms with Crippen LogP contribution in [0, 0.1) is 0 Å². The number of esters is 2. The molecule has 326 valence electrons. The number of allylic oxidation sites excluding steroid dienone is 8. The van der Waals surface area contributed by atoms with Gasteiger partial charge in [-0.05, 0) is 51.4 Å². The van der Waals surface area contributed by atoms with Crippen LogP contribution in [0.5, 0.6) is 0 Å². The molecule has 11 heteroatoms. The van der Waals surface area contributed by atoms with Gasteiger partial charge in [0, 0.05) is 12.8 Å². The van der Waals surface area contributed by atoms with Crippen molar-refractivity contribution in [3.8, 4) is 0 Å². The van der Waals surface area contributed by atoms with E-state index in [0.29, 0.717) is 12.8 Å². The number of carbonyl (C=O) groups is 2. The number of aliphatic hydroxyl groups excluding tert-OH is 2. The number of phosphoric acid groups is 1. The molecule has 56 heavy (non-hydrogen) atoms. The highest BCUT2D eigenvalue weighted by molar-refractivity contribution is 7.47. The molecule has 10 nitrogen and oxygen atoms in total. The fourth-order valence-corrected chi connectivity index (χ4v) is 6.66. The minimum atomic E-state index is -4.63. The Morgan fingerprint density at radius 3 is 1.48 bits per heavy atom. The second-order valence-electron chi connectivity index (χ2n) is 14.7. The van der Waals surface area contributed by atoms with Crippen molar-refractivity contribution in [3.63, 3.8) is 0 Å². The Morgan fingerprint density at radius 1 is 0.554 bits per heavy atom. The number of aliphatic hydroxyl groups is 2. The molecule has 3 atom stereocenters. The Bertz CT molecular complexity index is 1070. The minimum Gasteiger partial charge on any atom is -0.462 e. The molecule has 0 saturated carbocycles. The first kappa shape index (κ1) is 53.9. The predicted molar refractivity (Wildman–Crippen MR) is 228 cm³/mol. The summed E-state index contributed by atoms with van der Waals surface area (Å²) in [5.41, 5.74) is 0. The highest BCUT2D eigenvalue weighted by atomic mass is 31.2. The molecule has 0 radical (unpaired) electrons. The molecule has 0 aromatic heterocycles. The summed E-state index contributed by atoms with van der Waals surface area (Å²) in [6.07, 6.45) is 43.7. The summed E-state index contributed by atoms with van der Waals surface area (Å²) in [4.78, 5) is 35.0. The van der Waals surface area contributed by atoms with Crippen LogP contribution in [0.25, 0.3) is 0 Å². The molecule has 1 unspecified atom stereocenters. The van der Waals surface area contributed by atoms with Gasteiger partial charge in [0.25, 0.3) is 0 Å². The third-order valence-corrected chi connectivity index (χ3v) is 10.2. The third-order valence-electron chi connectivity index (χ3n) is 9.25. The highest BCUT2D eigenvalue weighted by Crippen LogP contribution is 2.43. The molecule has 0 amide bonds. The fraction of sp³-hybridized carbons (Fsp3) is 0.778. The highest BCUT2D eigenvalue weighted by Gasteiger charge is 2.27. The molecule has 0 saturated heterocycles. The number of rotatable bonds is 41. The first-order chi connectivity index (χ1) is 27.2. The lowest BCUT2D eigenvalue weighted by Crippen LogP contribution is -2.29. The molecule has 0 rings (SSSR count). The maximum absolute atomic E-state index is 12.6. The van der Waals surface area contributed by atoms with Gasteiger partial charge in [-0.2, -0.15) is 0 Å². The summed E-state index contributed by atoms with van der Waals surface area (Å²) < 4.78 is 32.7. The molecule has 0 fully saturated rings. The van der Waals surface area contributed by atoms with Crippen molar-refractivity contribution in [3.05, 3.63) is 48.6 Å². The lowest BCUT2D eigenvalue weighted by atomic mass is 10.0. The molecule has 0 bridgehead atoms. The minimum absolute atomic E-state index is 0.132. The molecule has 0 aliphatic heterocycles. The molecule has 0 heterocycles. The predicted octanol–water partition coefficient (Wildman–Crippen LogP) is 11.7. The average molecular weight is 813 g/mol. The van der Waals surface area contributed by atoms with Crippen LogP contribution in [0.3, 0.4) is 0 Å². The van der Waals surface area contributed by atoms with E-state index in [1.54, 1.807) is 0 Å². The maximum atomic E-state index is 12.6. The third kappa shape index (κ3) is 40.1.